The first-order valence-corrected chi connectivity index (χ1v) is 11.4. The standard InChI is InChI=1S/C26H21Cl2N3O4/c1-31-12-16(26-29-19-10-17(27)18(28)11-20(19)30-26)15-7-13(5-6-21(15)31)24(32)14-8-22(33-2)25(35-4)23(9-14)34-3/h5-12H,1-4H3,(H,29,30). The zero-order valence-electron chi connectivity index (χ0n) is 19.4. The molecule has 0 aliphatic rings. The highest BCUT2D eigenvalue weighted by molar-refractivity contribution is 6.42. The summed E-state index contributed by atoms with van der Waals surface area (Å²) in [4.78, 5) is 21.5. The van der Waals surface area contributed by atoms with Crippen molar-refractivity contribution in [2.75, 3.05) is 21.3 Å². The van der Waals surface area contributed by atoms with Crippen molar-refractivity contribution in [1.82, 2.24) is 14.5 Å². The molecule has 0 unspecified atom stereocenters. The molecule has 0 aliphatic carbocycles. The van der Waals surface area contributed by atoms with E-state index in [0.29, 0.717) is 49.8 Å². The normalized spacial score (nSPS) is 11.3. The zero-order chi connectivity index (χ0) is 24.9. The molecule has 178 valence electrons. The second-order valence-electron chi connectivity index (χ2n) is 8.00. The predicted octanol–water partition coefficient (Wildman–Crippen LogP) is 6.29. The molecule has 7 nitrogen and oxygen atoms in total. The minimum absolute atomic E-state index is 0.177. The summed E-state index contributed by atoms with van der Waals surface area (Å²) in [5.41, 5.74) is 4.22. The summed E-state index contributed by atoms with van der Waals surface area (Å²) >= 11 is 12.3. The molecule has 0 saturated heterocycles. The molecule has 5 aromatic rings. The molecular weight excluding hydrogens is 489 g/mol. The number of aryl methyl sites for hydroxylation is 1. The van der Waals surface area contributed by atoms with E-state index in [1.54, 1.807) is 30.3 Å². The molecular formula is C26H21Cl2N3O4. The third-order valence-corrected chi connectivity index (χ3v) is 6.68. The number of imidazole rings is 1. The Bertz CT molecular complexity index is 1560. The van der Waals surface area contributed by atoms with Crippen molar-refractivity contribution in [2.24, 2.45) is 7.05 Å². The summed E-state index contributed by atoms with van der Waals surface area (Å²) in [6, 6.07) is 12.3. The number of aromatic amines is 1. The van der Waals surface area contributed by atoms with Crippen LogP contribution in [0.25, 0.3) is 33.3 Å². The van der Waals surface area contributed by atoms with Crippen LogP contribution in [-0.2, 0) is 7.05 Å². The number of methoxy groups -OCH3 is 3. The van der Waals surface area contributed by atoms with Gasteiger partial charge in [0.2, 0.25) is 5.75 Å². The predicted molar refractivity (Wildman–Crippen MR) is 138 cm³/mol. The fourth-order valence-electron chi connectivity index (χ4n) is 4.23. The lowest BCUT2D eigenvalue weighted by Gasteiger charge is -2.13. The Hall–Kier alpha value is -3.68. The molecule has 0 fully saturated rings. The van der Waals surface area contributed by atoms with Gasteiger partial charge in [-0.15, -0.1) is 0 Å². The number of nitrogens with zero attached hydrogens (tertiary/aromatic N) is 2. The maximum absolute atomic E-state index is 13.5. The number of ketones is 1. The molecule has 0 radical (unpaired) electrons. The number of aromatic nitrogens is 3. The van der Waals surface area contributed by atoms with Crippen LogP contribution in [0.1, 0.15) is 15.9 Å². The van der Waals surface area contributed by atoms with E-state index in [9.17, 15) is 4.79 Å². The Balaban J connectivity index is 1.63. The summed E-state index contributed by atoms with van der Waals surface area (Å²) in [5, 5.41) is 1.76. The average molecular weight is 510 g/mol. The number of fused-ring (bicyclic) bond motifs is 2. The van der Waals surface area contributed by atoms with Gasteiger partial charge in [-0.3, -0.25) is 4.79 Å². The molecule has 0 aliphatic heterocycles. The highest BCUT2D eigenvalue weighted by atomic mass is 35.5. The molecule has 0 atom stereocenters. The first-order valence-electron chi connectivity index (χ1n) is 10.6. The average Bonchev–Trinajstić information content (AvgIpc) is 3.42. The number of halogens is 2. The van der Waals surface area contributed by atoms with Crippen LogP contribution in [0.5, 0.6) is 17.2 Å². The summed E-state index contributed by atoms with van der Waals surface area (Å²) in [7, 11) is 6.50. The SMILES string of the molecule is COc1cc(C(=O)c2ccc3c(c2)c(-c2nc4cc(Cl)c(Cl)cc4[nH]2)cn3C)cc(OC)c1OC. The zero-order valence-corrected chi connectivity index (χ0v) is 20.9. The van der Waals surface area contributed by atoms with E-state index in [1.807, 2.05) is 29.9 Å². The van der Waals surface area contributed by atoms with Gasteiger partial charge in [0, 0.05) is 40.8 Å². The van der Waals surface area contributed by atoms with E-state index in [0.717, 1.165) is 22.0 Å². The van der Waals surface area contributed by atoms with Crippen molar-refractivity contribution in [3.63, 3.8) is 0 Å². The summed E-state index contributed by atoms with van der Waals surface area (Å²) in [6.45, 7) is 0. The van der Waals surface area contributed by atoms with Gasteiger partial charge in [0.05, 0.1) is 42.4 Å². The molecule has 2 aromatic heterocycles. The molecule has 0 spiro atoms. The third kappa shape index (κ3) is 3.87. The van der Waals surface area contributed by atoms with Crippen LogP contribution in [0.4, 0.5) is 0 Å². The van der Waals surface area contributed by atoms with Crippen LogP contribution < -0.4 is 14.2 Å². The Morgan fingerprint density at radius 2 is 1.60 bits per heavy atom. The van der Waals surface area contributed by atoms with Gasteiger partial charge in [-0.05, 0) is 42.5 Å². The van der Waals surface area contributed by atoms with Gasteiger partial charge in [0.1, 0.15) is 5.82 Å². The highest BCUT2D eigenvalue weighted by Crippen LogP contribution is 2.39. The van der Waals surface area contributed by atoms with E-state index >= 15 is 0 Å². The summed E-state index contributed by atoms with van der Waals surface area (Å²) in [5.74, 6) is 1.73. The van der Waals surface area contributed by atoms with Crippen LogP contribution in [0.15, 0.2) is 48.7 Å². The van der Waals surface area contributed by atoms with Gasteiger partial charge in [-0.1, -0.05) is 23.2 Å². The van der Waals surface area contributed by atoms with Crippen LogP contribution in [0.2, 0.25) is 10.0 Å². The van der Waals surface area contributed by atoms with E-state index in [4.69, 9.17) is 42.4 Å². The Morgan fingerprint density at radius 3 is 2.26 bits per heavy atom. The van der Waals surface area contributed by atoms with Gasteiger partial charge in [0.15, 0.2) is 17.3 Å². The maximum atomic E-state index is 13.5. The second-order valence-corrected chi connectivity index (χ2v) is 8.81. The number of hydrogen-bond donors (Lipinski definition) is 1. The van der Waals surface area contributed by atoms with E-state index < -0.39 is 0 Å². The van der Waals surface area contributed by atoms with E-state index in [2.05, 4.69) is 4.98 Å². The Kier molecular flexibility index (Phi) is 5.83. The molecule has 0 bridgehead atoms. The quantitative estimate of drug-likeness (QED) is 0.272. The van der Waals surface area contributed by atoms with Gasteiger partial charge in [0.25, 0.3) is 0 Å². The van der Waals surface area contributed by atoms with Crippen LogP contribution in [0.3, 0.4) is 0 Å². The molecule has 2 heterocycles. The number of carbonyl (C=O) groups excluding carboxylic acids is 1. The lowest BCUT2D eigenvalue weighted by atomic mass is 10.00. The minimum atomic E-state index is -0.177. The van der Waals surface area contributed by atoms with Crippen LogP contribution >= 0.6 is 23.2 Å². The fourth-order valence-corrected chi connectivity index (χ4v) is 4.55. The minimum Gasteiger partial charge on any atom is -0.493 e. The summed E-state index contributed by atoms with van der Waals surface area (Å²) in [6.07, 6.45) is 1.97. The highest BCUT2D eigenvalue weighted by Gasteiger charge is 2.20. The monoisotopic (exact) mass is 509 g/mol. The van der Waals surface area contributed by atoms with Crippen LogP contribution in [-0.4, -0.2) is 41.6 Å². The number of rotatable bonds is 6. The Labute approximate surface area is 211 Å². The number of ether oxygens (including phenoxy) is 3. The molecule has 0 saturated carbocycles. The van der Waals surface area contributed by atoms with E-state index in [-0.39, 0.29) is 5.78 Å². The third-order valence-electron chi connectivity index (χ3n) is 5.96. The van der Waals surface area contributed by atoms with Gasteiger partial charge >= 0.3 is 0 Å². The van der Waals surface area contributed by atoms with Crippen molar-refractivity contribution < 1.29 is 19.0 Å². The molecule has 35 heavy (non-hydrogen) atoms. The molecule has 5 rings (SSSR count). The van der Waals surface area contributed by atoms with Gasteiger partial charge in [-0.2, -0.15) is 0 Å². The number of hydrogen-bond acceptors (Lipinski definition) is 5. The number of nitrogens with one attached hydrogen (secondary N) is 1. The number of benzene rings is 3. The number of carbonyl (C=O) groups is 1. The molecule has 1 N–H and O–H groups in total. The summed E-state index contributed by atoms with van der Waals surface area (Å²) < 4.78 is 18.2. The van der Waals surface area contributed by atoms with Crippen molar-refractivity contribution in [3.05, 3.63) is 69.8 Å². The van der Waals surface area contributed by atoms with Gasteiger partial charge < -0.3 is 23.8 Å². The van der Waals surface area contributed by atoms with Crippen molar-refractivity contribution in [3.8, 4) is 28.6 Å². The first kappa shape index (κ1) is 23.1. The van der Waals surface area contributed by atoms with Crippen molar-refractivity contribution in [2.45, 2.75) is 0 Å². The Morgan fingerprint density at radius 1 is 0.914 bits per heavy atom. The lowest BCUT2D eigenvalue weighted by Crippen LogP contribution is -2.04. The number of H-pyrrole nitrogens is 1. The van der Waals surface area contributed by atoms with Gasteiger partial charge in [-0.25, -0.2) is 4.98 Å². The van der Waals surface area contributed by atoms with Crippen molar-refractivity contribution >= 4 is 50.9 Å². The maximum Gasteiger partial charge on any atom is 0.203 e. The topological polar surface area (TPSA) is 78.4 Å². The fraction of sp³-hybridized carbons (Fsp3) is 0.154. The van der Waals surface area contributed by atoms with Crippen molar-refractivity contribution in [1.29, 1.82) is 0 Å². The molecule has 9 heteroatoms. The second kappa shape index (κ2) is 8.83. The van der Waals surface area contributed by atoms with Crippen LogP contribution in [0, 0.1) is 0 Å². The first-order chi connectivity index (χ1) is 16.8. The largest absolute Gasteiger partial charge is 0.493 e. The molecule has 0 amide bonds. The van der Waals surface area contributed by atoms with E-state index in [1.165, 1.54) is 21.3 Å². The smallest absolute Gasteiger partial charge is 0.203 e. The molecule has 3 aromatic carbocycles. The lowest BCUT2D eigenvalue weighted by molar-refractivity contribution is 0.103.